The summed E-state index contributed by atoms with van der Waals surface area (Å²) in [6.45, 7) is 0.244. The number of amides is 1. The summed E-state index contributed by atoms with van der Waals surface area (Å²) in [5, 5.41) is 7.38. The molecule has 0 atom stereocenters. The van der Waals surface area contributed by atoms with Gasteiger partial charge in [0, 0.05) is 6.54 Å². The average Bonchev–Trinajstić information content (AvgIpc) is 2.25. The average molecular weight is 238 g/mol. The van der Waals surface area contributed by atoms with Crippen molar-refractivity contribution < 1.29 is 13.2 Å². The highest BCUT2D eigenvalue weighted by Gasteiger charge is 2.06. The van der Waals surface area contributed by atoms with Gasteiger partial charge in [-0.15, -0.1) is 6.42 Å². The first-order chi connectivity index (χ1) is 7.43. The predicted octanol–water partition coefficient (Wildman–Crippen LogP) is -0.417. The molecule has 0 aliphatic heterocycles. The van der Waals surface area contributed by atoms with Crippen LogP contribution in [0.3, 0.4) is 0 Å². The Morgan fingerprint density at radius 1 is 1.38 bits per heavy atom. The van der Waals surface area contributed by atoms with Crippen molar-refractivity contribution >= 4 is 15.9 Å². The predicted molar refractivity (Wildman–Crippen MR) is 58.5 cm³/mol. The summed E-state index contributed by atoms with van der Waals surface area (Å²) in [5.41, 5.74) is 0.732. The molecule has 0 aliphatic carbocycles. The van der Waals surface area contributed by atoms with E-state index in [4.69, 9.17) is 11.6 Å². The Balaban J connectivity index is 2.74. The number of primary sulfonamides is 1. The monoisotopic (exact) mass is 238 g/mol. The molecule has 0 spiro atoms. The standard InChI is InChI=1S/C10H10N2O3S/c1-2-10(13)12-7-8-3-5-9(6-4-8)16(11,14)15/h1,3-6H,7H2,(H,12,13)(H2,11,14,15). The van der Waals surface area contributed by atoms with E-state index < -0.39 is 15.9 Å². The fraction of sp³-hybridized carbons (Fsp3) is 0.100. The second-order valence-corrected chi connectivity index (χ2v) is 4.58. The van der Waals surface area contributed by atoms with Gasteiger partial charge in [-0.05, 0) is 23.6 Å². The number of nitrogens with one attached hydrogen (secondary N) is 1. The molecule has 1 amide bonds. The molecular formula is C10H10N2O3S. The molecule has 84 valence electrons. The van der Waals surface area contributed by atoms with Crippen LogP contribution in [0.4, 0.5) is 0 Å². The van der Waals surface area contributed by atoms with Gasteiger partial charge in [-0.2, -0.15) is 0 Å². The molecule has 1 rings (SSSR count). The second-order valence-electron chi connectivity index (χ2n) is 3.02. The highest BCUT2D eigenvalue weighted by Crippen LogP contribution is 2.08. The van der Waals surface area contributed by atoms with Crippen LogP contribution in [-0.4, -0.2) is 14.3 Å². The Morgan fingerprint density at radius 2 is 1.94 bits per heavy atom. The number of sulfonamides is 1. The Morgan fingerprint density at radius 3 is 2.38 bits per heavy atom. The van der Waals surface area contributed by atoms with E-state index in [2.05, 4.69) is 5.32 Å². The minimum absolute atomic E-state index is 0.0273. The van der Waals surface area contributed by atoms with Crippen molar-refractivity contribution in [1.82, 2.24) is 5.32 Å². The fourth-order valence-corrected chi connectivity index (χ4v) is 1.55. The lowest BCUT2D eigenvalue weighted by atomic mass is 10.2. The lowest BCUT2D eigenvalue weighted by Gasteiger charge is -2.02. The van der Waals surface area contributed by atoms with Crippen molar-refractivity contribution in [2.45, 2.75) is 11.4 Å². The molecule has 16 heavy (non-hydrogen) atoms. The molecule has 0 aromatic heterocycles. The van der Waals surface area contributed by atoms with E-state index in [9.17, 15) is 13.2 Å². The number of hydrogen-bond donors (Lipinski definition) is 2. The van der Waals surface area contributed by atoms with Gasteiger partial charge in [0.25, 0.3) is 5.91 Å². The van der Waals surface area contributed by atoms with Crippen molar-refractivity contribution in [3.63, 3.8) is 0 Å². The normalized spacial score (nSPS) is 10.5. The fourth-order valence-electron chi connectivity index (χ4n) is 1.03. The summed E-state index contributed by atoms with van der Waals surface area (Å²) in [6.07, 6.45) is 4.86. The first-order valence-corrected chi connectivity index (χ1v) is 5.84. The SMILES string of the molecule is C#CC(=O)NCc1ccc(S(N)(=O)=O)cc1. The van der Waals surface area contributed by atoms with E-state index >= 15 is 0 Å². The highest BCUT2D eigenvalue weighted by atomic mass is 32.2. The molecule has 6 heteroatoms. The summed E-state index contributed by atoms with van der Waals surface area (Å²) in [5.74, 6) is 1.39. The maximum absolute atomic E-state index is 10.9. The Bertz CT molecular complexity index is 526. The molecule has 3 N–H and O–H groups in total. The van der Waals surface area contributed by atoms with Gasteiger partial charge < -0.3 is 5.32 Å². The van der Waals surface area contributed by atoms with Crippen LogP contribution < -0.4 is 10.5 Å². The van der Waals surface area contributed by atoms with Crippen molar-refractivity contribution in [2.75, 3.05) is 0 Å². The van der Waals surface area contributed by atoms with Gasteiger partial charge in [-0.1, -0.05) is 12.1 Å². The van der Waals surface area contributed by atoms with Crippen LogP contribution in [0, 0.1) is 12.3 Å². The zero-order chi connectivity index (χ0) is 12.2. The highest BCUT2D eigenvalue weighted by molar-refractivity contribution is 7.89. The maximum atomic E-state index is 10.9. The maximum Gasteiger partial charge on any atom is 0.295 e. The van der Waals surface area contributed by atoms with Gasteiger partial charge in [0.1, 0.15) is 0 Å². The topological polar surface area (TPSA) is 89.3 Å². The van der Waals surface area contributed by atoms with Gasteiger partial charge in [0.2, 0.25) is 10.0 Å². The molecular weight excluding hydrogens is 228 g/mol. The summed E-state index contributed by atoms with van der Waals surface area (Å²) in [6, 6.07) is 5.84. The first-order valence-electron chi connectivity index (χ1n) is 4.29. The molecule has 0 radical (unpaired) electrons. The zero-order valence-electron chi connectivity index (χ0n) is 8.30. The molecule has 0 saturated heterocycles. The third-order valence-corrected chi connectivity index (χ3v) is 2.77. The van der Waals surface area contributed by atoms with E-state index in [1.54, 1.807) is 12.1 Å². The summed E-state index contributed by atoms with van der Waals surface area (Å²) in [4.78, 5) is 10.8. The van der Waals surface area contributed by atoms with Gasteiger partial charge in [0.15, 0.2) is 0 Å². The number of benzene rings is 1. The van der Waals surface area contributed by atoms with Crippen LogP contribution in [0.1, 0.15) is 5.56 Å². The van der Waals surface area contributed by atoms with E-state index in [1.807, 2.05) is 5.92 Å². The molecule has 1 aromatic rings. The summed E-state index contributed by atoms with van der Waals surface area (Å²) < 4.78 is 21.9. The van der Waals surface area contributed by atoms with E-state index in [-0.39, 0.29) is 11.4 Å². The molecule has 0 unspecified atom stereocenters. The number of nitrogens with two attached hydrogens (primary N) is 1. The number of carbonyl (C=O) groups is 1. The van der Waals surface area contributed by atoms with Crippen molar-refractivity contribution in [3.8, 4) is 12.3 Å². The van der Waals surface area contributed by atoms with E-state index in [0.29, 0.717) is 0 Å². The summed E-state index contributed by atoms with van der Waals surface area (Å²) >= 11 is 0. The van der Waals surface area contributed by atoms with Gasteiger partial charge in [0.05, 0.1) is 4.90 Å². The third-order valence-electron chi connectivity index (χ3n) is 1.84. The van der Waals surface area contributed by atoms with Crippen LogP contribution in [0.25, 0.3) is 0 Å². The van der Waals surface area contributed by atoms with E-state index in [1.165, 1.54) is 12.1 Å². The van der Waals surface area contributed by atoms with Gasteiger partial charge in [-0.25, -0.2) is 13.6 Å². The van der Waals surface area contributed by atoms with Crippen LogP contribution in [0.2, 0.25) is 0 Å². The summed E-state index contributed by atoms with van der Waals surface area (Å²) in [7, 11) is -3.68. The lowest BCUT2D eigenvalue weighted by Crippen LogP contribution is -2.20. The number of terminal acetylenes is 1. The van der Waals surface area contributed by atoms with Crippen LogP contribution in [0.15, 0.2) is 29.2 Å². The van der Waals surface area contributed by atoms with Crippen molar-refractivity contribution in [1.29, 1.82) is 0 Å². The minimum atomic E-state index is -3.68. The van der Waals surface area contributed by atoms with E-state index in [0.717, 1.165) is 5.56 Å². The van der Waals surface area contributed by atoms with Crippen molar-refractivity contribution in [2.24, 2.45) is 5.14 Å². The second kappa shape index (κ2) is 4.79. The lowest BCUT2D eigenvalue weighted by molar-refractivity contribution is -0.115. The molecule has 5 nitrogen and oxygen atoms in total. The number of hydrogen-bond acceptors (Lipinski definition) is 3. The largest absolute Gasteiger partial charge is 0.341 e. The zero-order valence-corrected chi connectivity index (χ0v) is 9.12. The van der Waals surface area contributed by atoms with Gasteiger partial charge in [-0.3, -0.25) is 4.79 Å². The Hall–Kier alpha value is -1.84. The number of rotatable bonds is 3. The molecule has 1 aromatic carbocycles. The molecule has 0 bridgehead atoms. The van der Waals surface area contributed by atoms with Crippen LogP contribution in [-0.2, 0) is 21.4 Å². The first kappa shape index (κ1) is 12.2. The van der Waals surface area contributed by atoms with Crippen LogP contribution in [0.5, 0.6) is 0 Å². The van der Waals surface area contributed by atoms with Crippen molar-refractivity contribution in [3.05, 3.63) is 29.8 Å². The number of carbonyl (C=O) groups excluding carboxylic acids is 1. The smallest absolute Gasteiger partial charge is 0.295 e. The molecule has 0 heterocycles. The molecule has 0 fully saturated rings. The molecule has 0 aliphatic rings. The third kappa shape index (κ3) is 3.38. The van der Waals surface area contributed by atoms with Gasteiger partial charge >= 0.3 is 0 Å². The minimum Gasteiger partial charge on any atom is -0.341 e. The Labute approximate surface area is 93.7 Å². The Kier molecular flexibility index (Phi) is 3.66. The quantitative estimate of drug-likeness (QED) is 0.701. The van der Waals surface area contributed by atoms with Crippen LogP contribution >= 0.6 is 0 Å². The molecule has 0 saturated carbocycles.